The van der Waals surface area contributed by atoms with Gasteiger partial charge < -0.3 is 0 Å². The first-order chi connectivity index (χ1) is 7.75. The molecule has 1 heteroatoms. The molecule has 0 aromatic heterocycles. The Morgan fingerprint density at radius 2 is 1.56 bits per heavy atom. The van der Waals surface area contributed by atoms with Crippen LogP contribution in [0.1, 0.15) is 18.1 Å². The van der Waals surface area contributed by atoms with Gasteiger partial charge in [0.15, 0.2) is 0 Å². The maximum atomic E-state index is 5.84. The zero-order valence-corrected chi connectivity index (χ0v) is 9.91. The van der Waals surface area contributed by atoms with Gasteiger partial charge in [0, 0.05) is 5.02 Å². The summed E-state index contributed by atoms with van der Waals surface area (Å²) in [6.45, 7) is 2.12. The summed E-state index contributed by atoms with van der Waals surface area (Å²) < 4.78 is 0. The van der Waals surface area contributed by atoms with Crippen molar-refractivity contribution in [2.75, 3.05) is 0 Å². The van der Waals surface area contributed by atoms with E-state index in [2.05, 4.69) is 37.3 Å². The Labute approximate surface area is 101 Å². The normalized spacial score (nSPS) is 11.5. The van der Waals surface area contributed by atoms with Gasteiger partial charge >= 0.3 is 0 Å². The lowest BCUT2D eigenvalue weighted by molar-refractivity contribution is 1.57. The zero-order chi connectivity index (χ0) is 11.4. The lowest BCUT2D eigenvalue weighted by Crippen LogP contribution is -1.78. The van der Waals surface area contributed by atoms with Crippen LogP contribution in [0.4, 0.5) is 0 Å². The molecule has 0 saturated carbocycles. The molecule has 16 heavy (non-hydrogen) atoms. The molecule has 0 N–H and O–H groups in total. The van der Waals surface area contributed by atoms with E-state index in [-0.39, 0.29) is 0 Å². The number of hydrogen-bond acceptors (Lipinski definition) is 0. The SMILES string of the molecule is C/C(=C\c1ccc(Cl)cc1)c1ccccc1. The Kier molecular flexibility index (Phi) is 3.43. The zero-order valence-electron chi connectivity index (χ0n) is 9.15. The third-order valence-corrected chi connectivity index (χ3v) is 2.73. The van der Waals surface area contributed by atoms with E-state index in [1.165, 1.54) is 16.7 Å². The number of halogens is 1. The van der Waals surface area contributed by atoms with E-state index in [1.54, 1.807) is 0 Å². The van der Waals surface area contributed by atoms with Gasteiger partial charge in [0.2, 0.25) is 0 Å². The minimum Gasteiger partial charge on any atom is -0.0843 e. The molecule has 0 aliphatic carbocycles. The molecule has 2 rings (SSSR count). The molecule has 0 unspecified atom stereocenters. The van der Waals surface area contributed by atoms with Gasteiger partial charge in [-0.25, -0.2) is 0 Å². The Morgan fingerprint density at radius 3 is 2.19 bits per heavy atom. The highest BCUT2D eigenvalue weighted by atomic mass is 35.5. The highest BCUT2D eigenvalue weighted by Crippen LogP contribution is 2.18. The summed E-state index contributed by atoms with van der Waals surface area (Å²) >= 11 is 5.84. The molecule has 2 aromatic rings. The molecule has 0 aliphatic heterocycles. The standard InChI is InChI=1S/C15H13Cl/c1-12(14-5-3-2-4-6-14)11-13-7-9-15(16)10-8-13/h2-11H,1H3/b12-11+. The summed E-state index contributed by atoms with van der Waals surface area (Å²) in [5.74, 6) is 0. The fourth-order valence-electron chi connectivity index (χ4n) is 1.59. The molecule has 0 atom stereocenters. The third kappa shape index (κ3) is 2.74. The number of allylic oxidation sites excluding steroid dienone is 1. The van der Waals surface area contributed by atoms with Gasteiger partial charge in [0.25, 0.3) is 0 Å². The lowest BCUT2D eigenvalue weighted by Gasteiger charge is -2.01. The predicted molar refractivity (Wildman–Crippen MR) is 71.4 cm³/mol. The second kappa shape index (κ2) is 5.00. The van der Waals surface area contributed by atoms with Gasteiger partial charge in [-0.3, -0.25) is 0 Å². The van der Waals surface area contributed by atoms with Crippen molar-refractivity contribution in [3.8, 4) is 0 Å². The second-order valence-electron chi connectivity index (χ2n) is 3.74. The predicted octanol–water partition coefficient (Wildman–Crippen LogP) is 4.90. The van der Waals surface area contributed by atoms with Crippen LogP contribution in [0, 0.1) is 0 Å². The van der Waals surface area contributed by atoms with Gasteiger partial charge in [-0.1, -0.05) is 60.1 Å². The fraction of sp³-hybridized carbons (Fsp3) is 0.0667. The molecular weight excluding hydrogens is 216 g/mol. The van der Waals surface area contributed by atoms with Crippen LogP contribution < -0.4 is 0 Å². The fourth-order valence-corrected chi connectivity index (χ4v) is 1.72. The van der Waals surface area contributed by atoms with E-state index >= 15 is 0 Å². The lowest BCUT2D eigenvalue weighted by atomic mass is 10.0. The highest BCUT2D eigenvalue weighted by molar-refractivity contribution is 6.30. The average Bonchev–Trinajstić information content (AvgIpc) is 2.33. The minimum absolute atomic E-state index is 0.773. The van der Waals surface area contributed by atoms with Crippen LogP contribution in [-0.2, 0) is 0 Å². The molecule has 0 heterocycles. The highest BCUT2D eigenvalue weighted by Gasteiger charge is 1.94. The molecule has 0 radical (unpaired) electrons. The Hall–Kier alpha value is -1.53. The molecule has 0 aliphatic rings. The first-order valence-corrected chi connectivity index (χ1v) is 5.63. The molecule has 0 saturated heterocycles. The van der Waals surface area contributed by atoms with Crippen molar-refractivity contribution in [3.05, 3.63) is 70.7 Å². The van der Waals surface area contributed by atoms with Crippen LogP contribution in [0.2, 0.25) is 5.02 Å². The van der Waals surface area contributed by atoms with E-state index in [0.717, 1.165) is 5.02 Å². The van der Waals surface area contributed by atoms with E-state index < -0.39 is 0 Å². The van der Waals surface area contributed by atoms with Gasteiger partial charge in [0.1, 0.15) is 0 Å². The maximum absolute atomic E-state index is 5.84. The summed E-state index contributed by atoms with van der Waals surface area (Å²) in [6.07, 6.45) is 2.16. The summed E-state index contributed by atoms with van der Waals surface area (Å²) in [5.41, 5.74) is 3.67. The monoisotopic (exact) mass is 228 g/mol. The van der Waals surface area contributed by atoms with Gasteiger partial charge in [-0.05, 0) is 35.8 Å². The number of rotatable bonds is 2. The van der Waals surface area contributed by atoms with Crippen molar-refractivity contribution in [2.45, 2.75) is 6.92 Å². The summed E-state index contributed by atoms with van der Waals surface area (Å²) in [5, 5.41) is 0.773. The second-order valence-corrected chi connectivity index (χ2v) is 4.18. The Balaban J connectivity index is 2.28. The van der Waals surface area contributed by atoms with Crippen molar-refractivity contribution >= 4 is 23.3 Å². The third-order valence-electron chi connectivity index (χ3n) is 2.48. The van der Waals surface area contributed by atoms with Crippen molar-refractivity contribution in [1.29, 1.82) is 0 Å². The van der Waals surface area contributed by atoms with E-state index in [1.807, 2.05) is 30.3 Å². The molecule has 80 valence electrons. The van der Waals surface area contributed by atoms with Gasteiger partial charge in [-0.15, -0.1) is 0 Å². The largest absolute Gasteiger partial charge is 0.0843 e. The minimum atomic E-state index is 0.773. The molecular formula is C15H13Cl. The quantitative estimate of drug-likeness (QED) is 0.642. The number of hydrogen-bond donors (Lipinski definition) is 0. The summed E-state index contributed by atoms with van der Waals surface area (Å²) in [4.78, 5) is 0. The maximum Gasteiger partial charge on any atom is 0.0406 e. The van der Waals surface area contributed by atoms with Crippen LogP contribution in [-0.4, -0.2) is 0 Å². The van der Waals surface area contributed by atoms with Crippen molar-refractivity contribution in [3.63, 3.8) is 0 Å². The van der Waals surface area contributed by atoms with Gasteiger partial charge in [-0.2, -0.15) is 0 Å². The first-order valence-electron chi connectivity index (χ1n) is 5.25. The molecule has 0 nitrogen and oxygen atoms in total. The summed E-state index contributed by atoms with van der Waals surface area (Å²) in [6, 6.07) is 18.2. The average molecular weight is 229 g/mol. The molecule has 2 aromatic carbocycles. The van der Waals surface area contributed by atoms with E-state index in [0.29, 0.717) is 0 Å². The Morgan fingerprint density at radius 1 is 0.938 bits per heavy atom. The number of benzene rings is 2. The first kappa shape index (κ1) is 11.0. The van der Waals surface area contributed by atoms with Crippen molar-refractivity contribution in [2.24, 2.45) is 0 Å². The van der Waals surface area contributed by atoms with Gasteiger partial charge in [0.05, 0.1) is 0 Å². The molecule has 0 amide bonds. The van der Waals surface area contributed by atoms with E-state index in [9.17, 15) is 0 Å². The van der Waals surface area contributed by atoms with Crippen LogP contribution >= 0.6 is 11.6 Å². The molecule has 0 bridgehead atoms. The van der Waals surface area contributed by atoms with Crippen LogP contribution in [0.5, 0.6) is 0 Å². The van der Waals surface area contributed by atoms with E-state index in [4.69, 9.17) is 11.6 Å². The van der Waals surface area contributed by atoms with Crippen LogP contribution in [0.3, 0.4) is 0 Å². The smallest absolute Gasteiger partial charge is 0.0406 e. The summed E-state index contributed by atoms with van der Waals surface area (Å²) in [7, 11) is 0. The van der Waals surface area contributed by atoms with Crippen molar-refractivity contribution < 1.29 is 0 Å². The molecule has 0 spiro atoms. The van der Waals surface area contributed by atoms with Crippen LogP contribution in [0.15, 0.2) is 54.6 Å². The topological polar surface area (TPSA) is 0 Å². The Bertz CT molecular complexity index is 481. The van der Waals surface area contributed by atoms with Crippen LogP contribution in [0.25, 0.3) is 11.6 Å². The van der Waals surface area contributed by atoms with Crippen molar-refractivity contribution in [1.82, 2.24) is 0 Å². The molecule has 0 fully saturated rings.